The Labute approximate surface area is 145 Å². The molecule has 0 aliphatic rings. The summed E-state index contributed by atoms with van der Waals surface area (Å²) in [6.45, 7) is 9.15. The third-order valence-corrected chi connectivity index (χ3v) is 5.74. The second-order valence-corrected chi connectivity index (χ2v) is 9.19. The second-order valence-electron chi connectivity index (χ2n) is 5.96. The maximum absolute atomic E-state index is 12.2. The molecule has 1 atom stereocenters. The highest BCUT2D eigenvalue weighted by molar-refractivity contribution is 9.13. The molecule has 1 amide bonds. The van der Waals surface area contributed by atoms with Gasteiger partial charge >= 0.3 is 5.97 Å². The fraction of sp³-hybridized carbons (Fsp3) is 0.571. The highest BCUT2D eigenvalue weighted by Gasteiger charge is 2.29. The van der Waals surface area contributed by atoms with Crippen LogP contribution in [0.25, 0.3) is 0 Å². The molecule has 7 heteroatoms. The smallest absolute Gasteiger partial charge is 0.329 e. The van der Waals surface area contributed by atoms with Gasteiger partial charge in [-0.15, -0.1) is 11.3 Å². The molecule has 0 fully saturated rings. The molecule has 21 heavy (non-hydrogen) atoms. The quantitative estimate of drug-likeness (QED) is 0.707. The van der Waals surface area contributed by atoms with Gasteiger partial charge in [0.1, 0.15) is 11.6 Å². The van der Waals surface area contributed by atoms with E-state index in [9.17, 15) is 9.59 Å². The summed E-state index contributed by atoms with van der Waals surface area (Å²) in [6, 6.07) is 1.05. The van der Waals surface area contributed by atoms with Crippen molar-refractivity contribution in [2.75, 3.05) is 0 Å². The number of hydrogen-bond donors (Lipinski definition) is 1. The van der Waals surface area contributed by atoms with E-state index in [1.165, 1.54) is 11.3 Å². The van der Waals surface area contributed by atoms with Crippen LogP contribution in [-0.4, -0.2) is 23.5 Å². The van der Waals surface area contributed by atoms with Crippen LogP contribution in [0.3, 0.4) is 0 Å². The number of halogens is 2. The molecule has 0 unspecified atom stereocenters. The van der Waals surface area contributed by atoms with Crippen molar-refractivity contribution in [3.63, 3.8) is 0 Å². The van der Waals surface area contributed by atoms with E-state index >= 15 is 0 Å². The van der Waals surface area contributed by atoms with Crippen molar-refractivity contribution in [2.24, 2.45) is 5.92 Å². The van der Waals surface area contributed by atoms with Gasteiger partial charge in [0.05, 0.1) is 8.66 Å². The molecule has 1 rings (SSSR count). The van der Waals surface area contributed by atoms with Gasteiger partial charge in [-0.05, 0) is 64.6 Å². The molecule has 0 saturated heterocycles. The summed E-state index contributed by atoms with van der Waals surface area (Å²) in [4.78, 5) is 25.0. The molecule has 4 nitrogen and oxygen atoms in total. The van der Waals surface area contributed by atoms with Crippen molar-refractivity contribution < 1.29 is 14.3 Å². The number of nitrogens with one attached hydrogen (secondary N) is 1. The lowest BCUT2D eigenvalue weighted by molar-refractivity contribution is -0.158. The number of rotatable bonds is 4. The molecule has 1 heterocycles. The molecule has 0 saturated carbocycles. The Morgan fingerprint density at radius 1 is 1.29 bits per heavy atom. The molecule has 0 radical (unpaired) electrons. The van der Waals surface area contributed by atoms with Crippen LogP contribution in [0.4, 0.5) is 0 Å². The van der Waals surface area contributed by atoms with Crippen LogP contribution < -0.4 is 5.32 Å². The lowest BCUT2D eigenvalue weighted by Gasteiger charge is -2.26. The molecule has 0 spiro atoms. The molecule has 0 bridgehead atoms. The first kappa shape index (κ1) is 18.6. The summed E-state index contributed by atoms with van der Waals surface area (Å²) >= 11 is 7.99. The van der Waals surface area contributed by atoms with Gasteiger partial charge in [0.15, 0.2) is 0 Å². The van der Waals surface area contributed by atoms with Crippen molar-refractivity contribution in [1.82, 2.24) is 5.32 Å². The van der Waals surface area contributed by atoms with E-state index in [0.717, 1.165) is 8.26 Å². The van der Waals surface area contributed by atoms with E-state index in [2.05, 4.69) is 37.2 Å². The van der Waals surface area contributed by atoms with Crippen LogP contribution in [-0.2, 0) is 9.53 Å². The number of hydrogen-bond acceptors (Lipinski definition) is 4. The Hall–Kier alpha value is -0.400. The molecular formula is C14H19Br2NO3S. The minimum absolute atomic E-state index is 0.0596. The fourth-order valence-electron chi connectivity index (χ4n) is 1.53. The average Bonchev–Trinajstić information content (AvgIpc) is 2.63. The molecule has 118 valence electrons. The molecule has 1 aromatic rings. The SMILES string of the molecule is CC(C)[C@H](NC(=O)c1cc(Br)c(Br)s1)C(=O)OC(C)(C)C. The first-order chi connectivity index (χ1) is 9.51. The number of amides is 1. The number of carbonyl (C=O) groups excluding carboxylic acids is 2. The Morgan fingerprint density at radius 2 is 1.86 bits per heavy atom. The summed E-state index contributed by atoms with van der Waals surface area (Å²) < 4.78 is 7.01. The van der Waals surface area contributed by atoms with Crippen molar-refractivity contribution in [3.05, 3.63) is 19.2 Å². The Balaban J connectivity index is 2.83. The zero-order valence-corrected chi connectivity index (χ0v) is 16.6. The van der Waals surface area contributed by atoms with Crippen molar-refractivity contribution in [2.45, 2.75) is 46.3 Å². The first-order valence-corrected chi connectivity index (χ1v) is 8.90. The number of thiophene rings is 1. The lowest BCUT2D eigenvalue weighted by atomic mass is 10.0. The molecule has 0 aliphatic heterocycles. The van der Waals surface area contributed by atoms with Gasteiger partial charge in [-0.2, -0.15) is 0 Å². The maximum Gasteiger partial charge on any atom is 0.329 e. The van der Waals surface area contributed by atoms with Crippen LogP contribution in [0.2, 0.25) is 0 Å². The Bertz CT molecular complexity index is 515. The van der Waals surface area contributed by atoms with Crippen LogP contribution in [0, 0.1) is 5.92 Å². The fourth-order valence-corrected chi connectivity index (χ4v) is 3.47. The average molecular weight is 441 g/mol. The third-order valence-electron chi connectivity index (χ3n) is 2.48. The predicted octanol–water partition coefficient (Wildman–Crippen LogP) is 4.37. The van der Waals surface area contributed by atoms with Gasteiger partial charge in [-0.1, -0.05) is 13.8 Å². The first-order valence-electron chi connectivity index (χ1n) is 6.50. The van der Waals surface area contributed by atoms with Gasteiger partial charge in [-0.3, -0.25) is 4.79 Å². The predicted molar refractivity (Wildman–Crippen MR) is 91.7 cm³/mol. The second kappa shape index (κ2) is 7.24. The van der Waals surface area contributed by atoms with Crippen LogP contribution in [0.1, 0.15) is 44.3 Å². The molecule has 0 aromatic carbocycles. The summed E-state index contributed by atoms with van der Waals surface area (Å²) in [6.07, 6.45) is 0. The zero-order valence-electron chi connectivity index (χ0n) is 12.6. The van der Waals surface area contributed by atoms with Gasteiger partial charge in [0.2, 0.25) is 0 Å². The van der Waals surface area contributed by atoms with Gasteiger partial charge < -0.3 is 10.1 Å². The minimum Gasteiger partial charge on any atom is -0.458 e. The minimum atomic E-state index is -0.670. The normalized spacial score (nSPS) is 13.1. The summed E-state index contributed by atoms with van der Waals surface area (Å²) in [5.74, 6) is -0.757. The number of ether oxygens (including phenoxy) is 1. The van der Waals surface area contributed by atoms with E-state index in [0.29, 0.717) is 4.88 Å². The van der Waals surface area contributed by atoms with E-state index in [1.54, 1.807) is 26.8 Å². The maximum atomic E-state index is 12.2. The standard InChI is InChI=1S/C14H19Br2NO3S/c1-7(2)10(13(19)20-14(3,4)5)17-12(18)9-6-8(15)11(16)21-9/h6-7,10H,1-5H3,(H,17,18)/t10-/m0/s1. The summed E-state index contributed by atoms with van der Waals surface area (Å²) in [7, 11) is 0. The zero-order chi connectivity index (χ0) is 16.4. The van der Waals surface area contributed by atoms with E-state index in [4.69, 9.17) is 4.74 Å². The number of carbonyl (C=O) groups is 2. The summed E-state index contributed by atoms with van der Waals surface area (Å²) in [5, 5.41) is 2.75. The Morgan fingerprint density at radius 3 is 2.24 bits per heavy atom. The lowest BCUT2D eigenvalue weighted by Crippen LogP contribution is -2.47. The monoisotopic (exact) mass is 439 g/mol. The van der Waals surface area contributed by atoms with Crippen molar-refractivity contribution in [1.29, 1.82) is 0 Å². The highest BCUT2D eigenvalue weighted by atomic mass is 79.9. The third kappa shape index (κ3) is 5.71. The highest BCUT2D eigenvalue weighted by Crippen LogP contribution is 2.32. The summed E-state index contributed by atoms with van der Waals surface area (Å²) in [5.41, 5.74) is -0.579. The van der Waals surface area contributed by atoms with Crippen molar-refractivity contribution >= 4 is 55.1 Å². The van der Waals surface area contributed by atoms with Crippen LogP contribution in [0.15, 0.2) is 14.3 Å². The van der Waals surface area contributed by atoms with Crippen molar-refractivity contribution in [3.8, 4) is 0 Å². The molecule has 1 N–H and O–H groups in total. The van der Waals surface area contributed by atoms with E-state index in [-0.39, 0.29) is 11.8 Å². The van der Waals surface area contributed by atoms with E-state index in [1.807, 2.05) is 13.8 Å². The molecule has 1 aromatic heterocycles. The van der Waals surface area contributed by atoms with Crippen LogP contribution in [0.5, 0.6) is 0 Å². The van der Waals surface area contributed by atoms with Crippen LogP contribution >= 0.6 is 43.2 Å². The number of esters is 1. The Kier molecular flexibility index (Phi) is 6.43. The molecular weight excluding hydrogens is 422 g/mol. The van der Waals surface area contributed by atoms with Gasteiger partial charge in [0, 0.05) is 4.47 Å². The van der Waals surface area contributed by atoms with E-state index < -0.39 is 17.6 Å². The van der Waals surface area contributed by atoms with Gasteiger partial charge in [0.25, 0.3) is 5.91 Å². The molecule has 0 aliphatic carbocycles. The van der Waals surface area contributed by atoms with Gasteiger partial charge in [-0.25, -0.2) is 4.79 Å². The largest absolute Gasteiger partial charge is 0.458 e. The topological polar surface area (TPSA) is 55.4 Å².